The summed E-state index contributed by atoms with van der Waals surface area (Å²) >= 11 is 0. The lowest BCUT2D eigenvalue weighted by Crippen LogP contribution is -2.42. The molecule has 3 N–H and O–H groups in total. The number of pyridine rings is 1. The first-order chi connectivity index (χ1) is 10.2. The summed E-state index contributed by atoms with van der Waals surface area (Å²) in [6, 6.07) is 6.19. The van der Waals surface area contributed by atoms with Gasteiger partial charge in [0.15, 0.2) is 5.96 Å². The van der Waals surface area contributed by atoms with Gasteiger partial charge in [-0.2, -0.15) is 0 Å². The third-order valence-corrected chi connectivity index (χ3v) is 3.83. The van der Waals surface area contributed by atoms with Crippen molar-refractivity contribution in [1.29, 1.82) is 0 Å². The van der Waals surface area contributed by atoms with Gasteiger partial charge >= 0.3 is 0 Å². The number of nitrogens with two attached hydrogens (primary N) is 1. The predicted octanol–water partition coefficient (Wildman–Crippen LogP) is 0.979. The summed E-state index contributed by atoms with van der Waals surface area (Å²) in [6.07, 6.45) is 2.50. The number of methoxy groups -OCH3 is 1. The van der Waals surface area contributed by atoms with Gasteiger partial charge in [-0.25, -0.2) is 9.98 Å². The van der Waals surface area contributed by atoms with Crippen LogP contribution in [0.25, 0.3) is 0 Å². The molecule has 1 unspecified atom stereocenters. The van der Waals surface area contributed by atoms with Crippen LogP contribution in [0.5, 0.6) is 5.88 Å². The molecule has 6 heteroatoms. The zero-order valence-corrected chi connectivity index (χ0v) is 12.9. The monoisotopic (exact) mass is 291 g/mol. The molecule has 1 aliphatic heterocycles. The lowest BCUT2D eigenvalue weighted by atomic mass is 10.2. The number of ether oxygens (including phenoxy) is 1. The van der Waals surface area contributed by atoms with E-state index >= 15 is 0 Å². The fourth-order valence-electron chi connectivity index (χ4n) is 2.65. The van der Waals surface area contributed by atoms with E-state index in [2.05, 4.69) is 27.1 Å². The van der Waals surface area contributed by atoms with Crippen LogP contribution in [0.4, 0.5) is 0 Å². The van der Waals surface area contributed by atoms with Crippen LogP contribution in [0.2, 0.25) is 0 Å². The summed E-state index contributed by atoms with van der Waals surface area (Å²) in [7, 11) is 1.60. The minimum absolute atomic E-state index is 0.457. The Kier molecular flexibility index (Phi) is 5.80. The molecule has 0 saturated carbocycles. The first kappa shape index (κ1) is 15.6. The van der Waals surface area contributed by atoms with Crippen LogP contribution < -0.4 is 15.8 Å². The van der Waals surface area contributed by atoms with Crippen molar-refractivity contribution in [3.05, 3.63) is 23.9 Å². The minimum Gasteiger partial charge on any atom is -0.481 e. The number of aliphatic imine (C=N–C) groups is 1. The van der Waals surface area contributed by atoms with Crippen molar-refractivity contribution in [3.63, 3.8) is 0 Å². The quantitative estimate of drug-likeness (QED) is 0.603. The van der Waals surface area contributed by atoms with Crippen LogP contribution in [-0.2, 0) is 6.54 Å². The highest BCUT2D eigenvalue weighted by Crippen LogP contribution is 2.15. The molecular weight excluding hydrogens is 266 g/mol. The molecule has 1 saturated heterocycles. The first-order valence-corrected chi connectivity index (χ1v) is 7.50. The Labute approximate surface area is 126 Å². The van der Waals surface area contributed by atoms with Gasteiger partial charge in [-0.05, 0) is 32.0 Å². The third-order valence-electron chi connectivity index (χ3n) is 3.83. The molecule has 1 aliphatic rings. The Morgan fingerprint density at radius 1 is 1.57 bits per heavy atom. The first-order valence-electron chi connectivity index (χ1n) is 7.50. The van der Waals surface area contributed by atoms with Gasteiger partial charge in [0, 0.05) is 18.7 Å². The Balaban J connectivity index is 1.81. The van der Waals surface area contributed by atoms with E-state index in [0.29, 0.717) is 24.4 Å². The number of rotatable bonds is 6. The Bertz CT molecular complexity index is 477. The van der Waals surface area contributed by atoms with E-state index in [0.717, 1.165) is 18.8 Å². The zero-order valence-electron chi connectivity index (χ0n) is 12.9. The van der Waals surface area contributed by atoms with E-state index in [1.165, 1.54) is 19.4 Å². The van der Waals surface area contributed by atoms with Gasteiger partial charge in [-0.1, -0.05) is 13.0 Å². The smallest absolute Gasteiger partial charge is 0.213 e. The van der Waals surface area contributed by atoms with E-state index in [4.69, 9.17) is 10.5 Å². The summed E-state index contributed by atoms with van der Waals surface area (Å²) < 4.78 is 5.09. The lowest BCUT2D eigenvalue weighted by Gasteiger charge is -2.23. The average molecular weight is 291 g/mol. The molecule has 2 heterocycles. The van der Waals surface area contributed by atoms with Crippen LogP contribution in [0.3, 0.4) is 0 Å². The zero-order chi connectivity index (χ0) is 15.1. The second-order valence-electron chi connectivity index (χ2n) is 5.18. The van der Waals surface area contributed by atoms with Crippen molar-refractivity contribution in [1.82, 2.24) is 15.2 Å². The van der Waals surface area contributed by atoms with Crippen molar-refractivity contribution < 1.29 is 4.74 Å². The predicted molar refractivity (Wildman–Crippen MR) is 84.4 cm³/mol. The second kappa shape index (κ2) is 7.83. The molecule has 1 aromatic rings. The van der Waals surface area contributed by atoms with E-state index in [1.807, 2.05) is 18.2 Å². The maximum atomic E-state index is 5.92. The number of guanidine groups is 1. The molecule has 1 atom stereocenters. The molecule has 6 nitrogen and oxygen atoms in total. The van der Waals surface area contributed by atoms with Gasteiger partial charge in [0.05, 0.1) is 19.3 Å². The van der Waals surface area contributed by atoms with Gasteiger partial charge in [0.25, 0.3) is 0 Å². The van der Waals surface area contributed by atoms with Crippen molar-refractivity contribution in [3.8, 4) is 5.88 Å². The standard InChI is InChI=1S/C15H25N5O/c1-3-20-9-5-7-13(20)11-18-15(16)17-10-12-6-4-8-14(19-12)21-2/h4,6,8,13H,3,5,7,9-11H2,1-2H3,(H3,16,17,18). The second-order valence-corrected chi connectivity index (χ2v) is 5.18. The molecule has 1 aromatic heterocycles. The van der Waals surface area contributed by atoms with E-state index < -0.39 is 0 Å². The normalized spacial score (nSPS) is 19.7. The molecule has 116 valence electrons. The maximum Gasteiger partial charge on any atom is 0.213 e. The largest absolute Gasteiger partial charge is 0.481 e. The molecule has 2 rings (SSSR count). The molecule has 1 fully saturated rings. The number of likely N-dealkylation sites (N-methyl/N-ethyl adjacent to an activating group) is 1. The highest BCUT2D eigenvalue weighted by atomic mass is 16.5. The number of likely N-dealkylation sites (tertiary alicyclic amines) is 1. The number of nitrogens with zero attached hydrogens (tertiary/aromatic N) is 3. The SMILES string of the molecule is CCN1CCCC1CNC(N)=NCc1cccc(OC)n1. The van der Waals surface area contributed by atoms with Crippen LogP contribution in [0, 0.1) is 0 Å². The van der Waals surface area contributed by atoms with Crippen molar-refractivity contribution in [2.45, 2.75) is 32.4 Å². The number of aromatic nitrogens is 1. The van der Waals surface area contributed by atoms with Gasteiger partial charge in [0.2, 0.25) is 5.88 Å². The van der Waals surface area contributed by atoms with Crippen molar-refractivity contribution in [2.24, 2.45) is 10.7 Å². The van der Waals surface area contributed by atoms with Gasteiger partial charge < -0.3 is 15.8 Å². The lowest BCUT2D eigenvalue weighted by molar-refractivity contribution is 0.267. The highest BCUT2D eigenvalue weighted by molar-refractivity contribution is 5.77. The fraction of sp³-hybridized carbons (Fsp3) is 0.600. The van der Waals surface area contributed by atoms with Crippen LogP contribution in [0.1, 0.15) is 25.5 Å². The van der Waals surface area contributed by atoms with Crippen LogP contribution >= 0.6 is 0 Å². The fourth-order valence-corrected chi connectivity index (χ4v) is 2.65. The molecule has 0 aromatic carbocycles. The molecule has 0 radical (unpaired) electrons. The van der Waals surface area contributed by atoms with Crippen molar-refractivity contribution in [2.75, 3.05) is 26.7 Å². The Hall–Kier alpha value is -1.82. The summed E-state index contributed by atoms with van der Waals surface area (Å²) in [4.78, 5) is 11.1. The molecular formula is C15H25N5O. The number of hydrogen-bond acceptors (Lipinski definition) is 4. The summed E-state index contributed by atoms with van der Waals surface area (Å²) in [5, 5.41) is 3.21. The van der Waals surface area contributed by atoms with E-state index in [9.17, 15) is 0 Å². The molecule has 21 heavy (non-hydrogen) atoms. The van der Waals surface area contributed by atoms with Crippen LogP contribution in [-0.4, -0.2) is 48.6 Å². The number of hydrogen-bond donors (Lipinski definition) is 2. The molecule has 0 bridgehead atoms. The minimum atomic E-state index is 0.457. The summed E-state index contributed by atoms with van der Waals surface area (Å²) in [6.45, 7) is 5.79. The maximum absolute atomic E-state index is 5.92. The van der Waals surface area contributed by atoms with E-state index in [-0.39, 0.29) is 0 Å². The van der Waals surface area contributed by atoms with Crippen LogP contribution in [0.15, 0.2) is 23.2 Å². The topological polar surface area (TPSA) is 75.8 Å². The summed E-state index contributed by atoms with van der Waals surface area (Å²) in [5.41, 5.74) is 6.76. The van der Waals surface area contributed by atoms with Gasteiger partial charge in [0.1, 0.15) is 0 Å². The molecule has 0 amide bonds. The summed E-state index contributed by atoms with van der Waals surface area (Å²) in [5.74, 6) is 1.07. The third kappa shape index (κ3) is 4.60. The van der Waals surface area contributed by atoms with Crippen molar-refractivity contribution >= 4 is 5.96 Å². The average Bonchev–Trinajstić information content (AvgIpc) is 2.98. The highest BCUT2D eigenvalue weighted by Gasteiger charge is 2.22. The Morgan fingerprint density at radius 2 is 2.43 bits per heavy atom. The van der Waals surface area contributed by atoms with E-state index in [1.54, 1.807) is 7.11 Å². The van der Waals surface area contributed by atoms with Gasteiger partial charge in [-0.15, -0.1) is 0 Å². The molecule has 0 aliphatic carbocycles. The molecule has 0 spiro atoms. The number of nitrogens with one attached hydrogen (secondary N) is 1. The Morgan fingerprint density at radius 3 is 3.19 bits per heavy atom. The van der Waals surface area contributed by atoms with Gasteiger partial charge in [-0.3, -0.25) is 4.90 Å².